The molecule has 0 aliphatic carbocycles. The third-order valence-corrected chi connectivity index (χ3v) is 4.96. The zero-order chi connectivity index (χ0) is 18.0. The average molecular weight is 350 g/mol. The van der Waals surface area contributed by atoms with Gasteiger partial charge in [-0.05, 0) is 42.7 Å². The Balaban J connectivity index is 1.44. The third-order valence-electron chi connectivity index (χ3n) is 4.96. The first-order valence-electron chi connectivity index (χ1n) is 8.82. The maximum Gasteiger partial charge on any atom is 0.240 e. The summed E-state index contributed by atoms with van der Waals surface area (Å²) in [5.74, 6) is -0.106. The molecule has 0 radical (unpaired) electrons. The van der Waals surface area contributed by atoms with Crippen molar-refractivity contribution >= 4 is 16.9 Å². The molecule has 2 heterocycles. The molecular weight excluding hydrogens is 328 g/mol. The number of hydrogen-bond acceptors (Lipinski definition) is 4. The van der Waals surface area contributed by atoms with Gasteiger partial charge in [0.2, 0.25) is 5.91 Å². The van der Waals surface area contributed by atoms with Crippen molar-refractivity contribution in [1.29, 1.82) is 0 Å². The van der Waals surface area contributed by atoms with Crippen molar-refractivity contribution in [3.8, 4) is 5.69 Å². The number of carbonyl (C=O) groups is 1. The first-order chi connectivity index (χ1) is 12.7. The molecule has 4 rings (SSSR count). The van der Waals surface area contributed by atoms with E-state index in [-0.39, 0.29) is 5.91 Å². The number of benzene rings is 2. The predicted molar refractivity (Wildman–Crippen MR) is 99.9 cm³/mol. The lowest BCUT2D eigenvalue weighted by molar-refractivity contribution is -0.129. The van der Waals surface area contributed by atoms with Gasteiger partial charge in [-0.1, -0.05) is 24.3 Å². The quantitative estimate of drug-likeness (QED) is 0.755. The van der Waals surface area contributed by atoms with Gasteiger partial charge in [-0.25, -0.2) is 4.98 Å². The smallest absolute Gasteiger partial charge is 0.240 e. The maximum atomic E-state index is 12.4. The Kier molecular flexibility index (Phi) is 4.44. The zero-order valence-corrected chi connectivity index (χ0v) is 14.5. The van der Waals surface area contributed by atoms with Gasteiger partial charge in [0.05, 0.1) is 16.6 Å². The van der Waals surface area contributed by atoms with E-state index in [0.717, 1.165) is 22.3 Å². The predicted octanol–water partition coefficient (Wildman–Crippen LogP) is 2.15. The minimum atomic E-state index is -0.812. The van der Waals surface area contributed by atoms with Crippen LogP contribution in [0.4, 0.5) is 0 Å². The lowest BCUT2D eigenvalue weighted by atomic mass is 9.90. The van der Waals surface area contributed by atoms with Gasteiger partial charge in [-0.15, -0.1) is 0 Å². The minimum absolute atomic E-state index is 0.106. The van der Waals surface area contributed by atoms with E-state index in [2.05, 4.69) is 14.9 Å². The van der Waals surface area contributed by atoms with Crippen LogP contribution < -0.4 is 11.1 Å². The van der Waals surface area contributed by atoms with E-state index in [1.807, 2.05) is 54.9 Å². The van der Waals surface area contributed by atoms with Crippen LogP contribution in [0.1, 0.15) is 18.4 Å². The largest absolute Gasteiger partial charge is 0.381 e. The number of amides is 1. The summed E-state index contributed by atoms with van der Waals surface area (Å²) in [5.41, 5.74) is 9.49. The lowest BCUT2D eigenvalue weighted by Crippen LogP contribution is -2.56. The molecule has 0 bridgehead atoms. The van der Waals surface area contributed by atoms with E-state index in [4.69, 9.17) is 10.5 Å². The fourth-order valence-electron chi connectivity index (χ4n) is 3.26. The second-order valence-corrected chi connectivity index (χ2v) is 6.72. The molecule has 3 aromatic rings. The summed E-state index contributed by atoms with van der Waals surface area (Å²) >= 11 is 0. The van der Waals surface area contributed by atoms with E-state index in [1.165, 1.54) is 0 Å². The van der Waals surface area contributed by atoms with Crippen LogP contribution in [-0.4, -0.2) is 34.2 Å². The van der Waals surface area contributed by atoms with E-state index in [9.17, 15) is 4.79 Å². The number of hydrogen-bond donors (Lipinski definition) is 2. The summed E-state index contributed by atoms with van der Waals surface area (Å²) in [7, 11) is 0. The summed E-state index contributed by atoms with van der Waals surface area (Å²) in [4.78, 5) is 16.8. The molecule has 1 aliphatic rings. The number of ether oxygens (including phenoxy) is 1. The summed E-state index contributed by atoms with van der Waals surface area (Å²) in [6.07, 6.45) is 2.95. The second-order valence-electron chi connectivity index (χ2n) is 6.72. The molecule has 1 saturated heterocycles. The summed E-state index contributed by atoms with van der Waals surface area (Å²) in [6.45, 7) is 1.54. The van der Waals surface area contributed by atoms with Crippen molar-refractivity contribution in [3.63, 3.8) is 0 Å². The zero-order valence-electron chi connectivity index (χ0n) is 14.5. The molecule has 2 aromatic carbocycles. The summed E-state index contributed by atoms with van der Waals surface area (Å²) in [6, 6.07) is 16.1. The molecule has 134 valence electrons. The van der Waals surface area contributed by atoms with Gasteiger partial charge in [-0.2, -0.15) is 0 Å². The van der Waals surface area contributed by atoms with E-state index in [1.54, 1.807) is 0 Å². The lowest BCUT2D eigenvalue weighted by Gasteiger charge is -2.31. The topological polar surface area (TPSA) is 82.2 Å². The Morgan fingerprint density at radius 1 is 1.15 bits per heavy atom. The number of para-hydroxylation sites is 2. The highest BCUT2D eigenvalue weighted by Crippen LogP contribution is 2.19. The van der Waals surface area contributed by atoms with Gasteiger partial charge in [0, 0.05) is 25.4 Å². The fourth-order valence-corrected chi connectivity index (χ4v) is 3.26. The first kappa shape index (κ1) is 16.8. The molecule has 0 spiro atoms. The number of nitrogens with zero attached hydrogens (tertiary/aromatic N) is 2. The fraction of sp³-hybridized carbons (Fsp3) is 0.300. The van der Waals surface area contributed by atoms with Crippen molar-refractivity contribution in [3.05, 3.63) is 60.4 Å². The van der Waals surface area contributed by atoms with Crippen molar-refractivity contribution in [2.24, 2.45) is 5.73 Å². The maximum absolute atomic E-state index is 12.4. The normalized spacial score (nSPS) is 16.5. The van der Waals surface area contributed by atoms with Crippen LogP contribution in [0.5, 0.6) is 0 Å². The average Bonchev–Trinajstić information content (AvgIpc) is 3.11. The summed E-state index contributed by atoms with van der Waals surface area (Å²) in [5, 5.41) is 2.95. The number of nitrogens with one attached hydrogen (secondary N) is 1. The Morgan fingerprint density at radius 2 is 1.88 bits per heavy atom. The van der Waals surface area contributed by atoms with Gasteiger partial charge < -0.3 is 15.8 Å². The van der Waals surface area contributed by atoms with Crippen LogP contribution in [0.3, 0.4) is 0 Å². The highest BCUT2D eigenvalue weighted by molar-refractivity contribution is 5.86. The van der Waals surface area contributed by atoms with E-state index < -0.39 is 5.54 Å². The SMILES string of the molecule is NC1(C(=O)NCc2ccc(-n3cnc4ccccc43)cc2)CCOCC1. The standard InChI is InChI=1S/C20H22N4O2/c21-20(9-11-26-12-10-20)19(25)22-13-15-5-7-16(8-6-15)24-14-23-17-3-1-2-4-18(17)24/h1-8,14H,9-13,21H2,(H,22,25). The number of nitrogens with two attached hydrogens (primary N) is 1. The van der Waals surface area contributed by atoms with E-state index in [0.29, 0.717) is 32.6 Å². The molecule has 3 N–H and O–H groups in total. The molecule has 0 unspecified atom stereocenters. The monoisotopic (exact) mass is 350 g/mol. The first-order valence-corrected chi connectivity index (χ1v) is 8.82. The van der Waals surface area contributed by atoms with Crippen molar-refractivity contribution in [1.82, 2.24) is 14.9 Å². The van der Waals surface area contributed by atoms with Crippen LogP contribution in [0.2, 0.25) is 0 Å². The number of rotatable bonds is 4. The van der Waals surface area contributed by atoms with Crippen molar-refractivity contribution in [2.75, 3.05) is 13.2 Å². The van der Waals surface area contributed by atoms with Gasteiger partial charge >= 0.3 is 0 Å². The Labute approximate surface area is 152 Å². The highest BCUT2D eigenvalue weighted by Gasteiger charge is 2.35. The molecule has 0 atom stereocenters. The van der Waals surface area contributed by atoms with Crippen LogP contribution in [0.15, 0.2) is 54.9 Å². The number of carbonyl (C=O) groups excluding carboxylic acids is 1. The highest BCUT2D eigenvalue weighted by atomic mass is 16.5. The molecule has 1 aromatic heterocycles. The molecule has 26 heavy (non-hydrogen) atoms. The molecular formula is C20H22N4O2. The van der Waals surface area contributed by atoms with Gasteiger partial charge in [0.25, 0.3) is 0 Å². The molecule has 6 nitrogen and oxygen atoms in total. The van der Waals surface area contributed by atoms with Crippen LogP contribution in [-0.2, 0) is 16.1 Å². The summed E-state index contributed by atoms with van der Waals surface area (Å²) < 4.78 is 7.34. The minimum Gasteiger partial charge on any atom is -0.381 e. The molecule has 1 fully saturated rings. The third kappa shape index (κ3) is 3.21. The Bertz CT molecular complexity index is 911. The number of fused-ring (bicyclic) bond motifs is 1. The number of aromatic nitrogens is 2. The molecule has 0 saturated carbocycles. The van der Waals surface area contributed by atoms with Gasteiger partial charge in [-0.3, -0.25) is 9.36 Å². The van der Waals surface area contributed by atoms with Crippen LogP contribution in [0, 0.1) is 0 Å². The molecule has 1 aliphatic heterocycles. The van der Waals surface area contributed by atoms with Gasteiger partial charge in [0.15, 0.2) is 0 Å². The Morgan fingerprint density at radius 3 is 2.65 bits per heavy atom. The molecule has 1 amide bonds. The Hall–Kier alpha value is -2.70. The molecule has 6 heteroatoms. The number of imidazole rings is 1. The van der Waals surface area contributed by atoms with Crippen molar-refractivity contribution in [2.45, 2.75) is 24.9 Å². The van der Waals surface area contributed by atoms with Crippen LogP contribution >= 0.6 is 0 Å². The second kappa shape index (κ2) is 6.90. The van der Waals surface area contributed by atoms with E-state index >= 15 is 0 Å². The van der Waals surface area contributed by atoms with Crippen LogP contribution in [0.25, 0.3) is 16.7 Å². The van der Waals surface area contributed by atoms with Gasteiger partial charge in [0.1, 0.15) is 6.33 Å². The van der Waals surface area contributed by atoms with Crippen molar-refractivity contribution < 1.29 is 9.53 Å².